The number of aromatic nitrogens is 1. The Kier molecular flexibility index (Phi) is 9.42. The van der Waals surface area contributed by atoms with Gasteiger partial charge in [-0.3, -0.25) is 14.9 Å². The SMILES string of the molecule is CCCCN(CCCC)C(=O)Cc1csc(NC(=O)/C=C/c2ccccc2)n1. The first-order valence-corrected chi connectivity index (χ1v) is 10.8. The Morgan fingerprint density at radius 1 is 1.11 bits per heavy atom. The molecule has 0 spiro atoms. The molecular weight excluding hydrogens is 370 g/mol. The van der Waals surface area contributed by atoms with Crippen LogP contribution in [0.1, 0.15) is 50.8 Å². The van der Waals surface area contributed by atoms with E-state index in [2.05, 4.69) is 24.1 Å². The molecule has 0 saturated carbocycles. The monoisotopic (exact) mass is 399 g/mol. The zero-order valence-electron chi connectivity index (χ0n) is 16.7. The molecule has 2 amide bonds. The predicted molar refractivity (Wildman–Crippen MR) is 116 cm³/mol. The average molecular weight is 400 g/mol. The van der Waals surface area contributed by atoms with Gasteiger partial charge >= 0.3 is 0 Å². The highest BCUT2D eigenvalue weighted by Crippen LogP contribution is 2.17. The summed E-state index contributed by atoms with van der Waals surface area (Å²) in [5.41, 5.74) is 1.66. The molecule has 0 atom stereocenters. The lowest BCUT2D eigenvalue weighted by Gasteiger charge is -2.22. The molecule has 0 bridgehead atoms. The van der Waals surface area contributed by atoms with E-state index in [-0.39, 0.29) is 18.2 Å². The summed E-state index contributed by atoms with van der Waals surface area (Å²) < 4.78 is 0. The first-order chi connectivity index (χ1) is 13.6. The van der Waals surface area contributed by atoms with E-state index in [0.717, 1.165) is 44.3 Å². The molecule has 1 heterocycles. The molecule has 5 nitrogen and oxygen atoms in total. The maximum absolute atomic E-state index is 12.6. The predicted octanol–water partition coefficient (Wildman–Crippen LogP) is 4.77. The minimum atomic E-state index is -0.233. The van der Waals surface area contributed by atoms with Crippen LogP contribution in [0.25, 0.3) is 6.08 Å². The summed E-state index contributed by atoms with van der Waals surface area (Å²) in [6.07, 6.45) is 7.69. The van der Waals surface area contributed by atoms with Gasteiger partial charge in [-0.1, -0.05) is 57.0 Å². The quantitative estimate of drug-likeness (QED) is 0.554. The van der Waals surface area contributed by atoms with Gasteiger partial charge in [-0.25, -0.2) is 4.98 Å². The fraction of sp³-hybridized carbons (Fsp3) is 0.409. The summed E-state index contributed by atoms with van der Waals surface area (Å²) in [6, 6.07) is 9.64. The van der Waals surface area contributed by atoms with Crippen LogP contribution in [-0.4, -0.2) is 34.8 Å². The second kappa shape index (κ2) is 12.1. The number of anilines is 1. The second-order valence-corrected chi connectivity index (χ2v) is 7.50. The molecule has 6 heteroatoms. The topological polar surface area (TPSA) is 62.3 Å². The highest BCUT2D eigenvalue weighted by Gasteiger charge is 2.15. The fourth-order valence-corrected chi connectivity index (χ4v) is 3.37. The van der Waals surface area contributed by atoms with Crippen LogP contribution in [0.2, 0.25) is 0 Å². The van der Waals surface area contributed by atoms with Crippen molar-refractivity contribution in [3.63, 3.8) is 0 Å². The van der Waals surface area contributed by atoms with Crippen molar-refractivity contribution in [3.8, 4) is 0 Å². The van der Waals surface area contributed by atoms with Crippen molar-refractivity contribution in [2.75, 3.05) is 18.4 Å². The third-order valence-electron chi connectivity index (χ3n) is 4.26. The van der Waals surface area contributed by atoms with Gasteiger partial charge < -0.3 is 4.90 Å². The van der Waals surface area contributed by atoms with Gasteiger partial charge in [0, 0.05) is 24.5 Å². The number of carbonyl (C=O) groups is 2. The molecule has 0 unspecified atom stereocenters. The summed E-state index contributed by atoms with van der Waals surface area (Å²) in [5.74, 6) is -0.127. The minimum absolute atomic E-state index is 0.106. The Bertz CT molecular complexity index is 763. The number of benzene rings is 1. The molecule has 1 N–H and O–H groups in total. The van der Waals surface area contributed by atoms with Crippen molar-refractivity contribution < 1.29 is 9.59 Å². The van der Waals surface area contributed by atoms with E-state index < -0.39 is 0 Å². The van der Waals surface area contributed by atoms with Crippen LogP contribution >= 0.6 is 11.3 Å². The number of hydrogen-bond acceptors (Lipinski definition) is 4. The molecule has 0 aliphatic rings. The van der Waals surface area contributed by atoms with Crippen LogP contribution in [0.15, 0.2) is 41.8 Å². The number of nitrogens with zero attached hydrogens (tertiary/aromatic N) is 2. The van der Waals surface area contributed by atoms with E-state index in [4.69, 9.17) is 0 Å². The lowest BCUT2D eigenvalue weighted by Crippen LogP contribution is -2.34. The minimum Gasteiger partial charge on any atom is -0.342 e. The first kappa shape index (κ1) is 21.8. The van der Waals surface area contributed by atoms with Gasteiger partial charge in [-0.05, 0) is 24.5 Å². The van der Waals surface area contributed by atoms with Gasteiger partial charge in [-0.2, -0.15) is 0 Å². The van der Waals surface area contributed by atoms with E-state index >= 15 is 0 Å². The first-order valence-electron chi connectivity index (χ1n) is 9.88. The summed E-state index contributed by atoms with van der Waals surface area (Å²) >= 11 is 1.34. The van der Waals surface area contributed by atoms with Crippen LogP contribution in [0, 0.1) is 0 Å². The molecule has 2 aromatic rings. The third kappa shape index (κ3) is 7.64. The zero-order valence-corrected chi connectivity index (χ0v) is 17.5. The Hall–Kier alpha value is -2.47. The summed E-state index contributed by atoms with van der Waals surface area (Å²) in [5, 5.41) is 5.11. The Morgan fingerprint density at radius 3 is 2.43 bits per heavy atom. The van der Waals surface area contributed by atoms with Gasteiger partial charge in [0.15, 0.2) is 5.13 Å². The maximum Gasteiger partial charge on any atom is 0.250 e. The van der Waals surface area contributed by atoms with Crippen molar-refractivity contribution in [3.05, 3.63) is 53.0 Å². The van der Waals surface area contributed by atoms with E-state index in [9.17, 15) is 9.59 Å². The molecular formula is C22H29N3O2S. The molecule has 1 aromatic heterocycles. The lowest BCUT2D eigenvalue weighted by molar-refractivity contribution is -0.130. The van der Waals surface area contributed by atoms with Gasteiger partial charge in [0.25, 0.3) is 0 Å². The molecule has 0 aliphatic carbocycles. The van der Waals surface area contributed by atoms with Gasteiger partial charge in [-0.15, -0.1) is 11.3 Å². The zero-order chi connectivity index (χ0) is 20.2. The van der Waals surface area contributed by atoms with E-state index in [1.54, 1.807) is 6.08 Å². The smallest absolute Gasteiger partial charge is 0.250 e. The van der Waals surface area contributed by atoms with Crippen molar-refractivity contribution in [1.29, 1.82) is 0 Å². The van der Waals surface area contributed by atoms with Crippen molar-refractivity contribution in [2.24, 2.45) is 0 Å². The van der Waals surface area contributed by atoms with Crippen LogP contribution in [0.4, 0.5) is 5.13 Å². The molecule has 0 saturated heterocycles. The molecule has 0 radical (unpaired) electrons. The molecule has 0 fully saturated rings. The second-order valence-electron chi connectivity index (χ2n) is 6.64. The van der Waals surface area contributed by atoms with E-state index in [1.807, 2.05) is 40.6 Å². The van der Waals surface area contributed by atoms with E-state index in [1.165, 1.54) is 17.4 Å². The number of hydrogen-bond donors (Lipinski definition) is 1. The Morgan fingerprint density at radius 2 is 1.79 bits per heavy atom. The largest absolute Gasteiger partial charge is 0.342 e. The molecule has 1 aromatic carbocycles. The number of unbranched alkanes of at least 4 members (excludes halogenated alkanes) is 2. The normalized spacial score (nSPS) is 10.9. The number of thiazole rings is 1. The summed E-state index contributed by atoms with van der Waals surface area (Å²) in [6.45, 7) is 5.86. The number of carbonyl (C=O) groups excluding carboxylic acids is 2. The van der Waals surface area contributed by atoms with Crippen LogP contribution in [-0.2, 0) is 16.0 Å². The van der Waals surface area contributed by atoms with Crippen LogP contribution in [0.5, 0.6) is 0 Å². The van der Waals surface area contributed by atoms with Crippen molar-refractivity contribution >= 4 is 34.4 Å². The van der Waals surface area contributed by atoms with Crippen molar-refractivity contribution in [1.82, 2.24) is 9.88 Å². The van der Waals surface area contributed by atoms with Gasteiger partial charge in [0.2, 0.25) is 11.8 Å². The fourth-order valence-electron chi connectivity index (χ4n) is 2.65. The molecule has 0 aliphatic heterocycles. The van der Waals surface area contributed by atoms with Crippen LogP contribution in [0.3, 0.4) is 0 Å². The number of rotatable bonds is 11. The lowest BCUT2D eigenvalue weighted by atomic mass is 10.2. The highest BCUT2D eigenvalue weighted by atomic mass is 32.1. The Labute approximate surface area is 171 Å². The molecule has 150 valence electrons. The molecule has 28 heavy (non-hydrogen) atoms. The summed E-state index contributed by atoms with van der Waals surface area (Å²) in [7, 11) is 0. The number of nitrogens with one attached hydrogen (secondary N) is 1. The van der Waals surface area contributed by atoms with Crippen LogP contribution < -0.4 is 5.32 Å². The molecule has 2 rings (SSSR count). The van der Waals surface area contributed by atoms with Crippen molar-refractivity contribution in [2.45, 2.75) is 46.0 Å². The third-order valence-corrected chi connectivity index (χ3v) is 5.06. The Balaban J connectivity index is 1.88. The standard InChI is InChI=1S/C22H29N3O2S/c1-3-5-14-25(15-6-4-2)21(27)16-19-17-28-22(23-19)24-20(26)13-12-18-10-8-7-9-11-18/h7-13,17H,3-6,14-16H2,1-2H3,(H,23,24,26)/b13-12+. The van der Waals surface area contributed by atoms with Gasteiger partial charge in [0.05, 0.1) is 12.1 Å². The maximum atomic E-state index is 12.6. The average Bonchev–Trinajstić information content (AvgIpc) is 3.13. The highest BCUT2D eigenvalue weighted by molar-refractivity contribution is 7.14. The number of amides is 2. The van der Waals surface area contributed by atoms with E-state index in [0.29, 0.717) is 10.8 Å². The summed E-state index contributed by atoms with van der Waals surface area (Å²) in [4.78, 5) is 31.0. The van der Waals surface area contributed by atoms with Gasteiger partial charge in [0.1, 0.15) is 0 Å².